The van der Waals surface area contributed by atoms with Gasteiger partial charge in [-0.3, -0.25) is 4.79 Å². The van der Waals surface area contributed by atoms with E-state index in [-0.39, 0.29) is 6.61 Å². The molecule has 2 aromatic rings. The van der Waals surface area contributed by atoms with Crippen LogP contribution in [0.3, 0.4) is 0 Å². The maximum Gasteiger partial charge on any atom is 0.339 e. The number of carbonyl (C=O) groups is 1. The van der Waals surface area contributed by atoms with Gasteiger partial charge in [0.25, 0.3) is 0 Å². The van der Waals surface area contributed by atoms with Crippen LogP contribution in [0, 0.1) is 6.92 Å². The fourth-order valence-corrected chi connectivity index (χ4v) is 2.45. The lowest BCUT2D eigenvalue weighted by atomic mass is 10.1. The van der Waals surface area contributed by atoms with Crippen molar-refractivity contribution in [3.05, 3.63) is 63.5 Å². The highest BCUT2D eigenvalue weighted by Crippen LogP contribution is 2.27. The number of rotatable bonds is 7. The highest BCUT2D eigenvalue weighted by Gasteiger charge is 2.08. The number of hydrogen-bond acceptors (Lipinski definition) is 4. The first-order valence-electron chi connectivity index (χ1n) is 7.95. The molecule has 0 bridgehead atoms. The van der Waals surface area contributed by atoms with Gasteiger partial charge in [0.05, 0.1) is 11.5 Å². The molecule has 0 spiro atoms. The smallest absolute Gasteiger partial charge is 0.339 e. The molecule has 0 aliphatic carbocycles. The van der Waals surface area contributed by atoms with Crippen LogP contribution in [0.1, 0.15) is 32.3 Å². The van der Waals surface area contributed by atoms with E-state index in [0.717, 1.165) is 23.7 Å². The number of aldehydes is 1. The third-order valence-electron chi connectivity index (χ3n) is 3.66. The number of carbonyl (C=O) groups excluding carboxylic acids is 1. The Labute approximate surface area is 141 Å². The second-order valence-corrected chi connectivity index (χ2v) is 5.91. The molecule has 2 rings (SSSR count). The van der Waals surface area contributed by atoms with E-state index in [9.17, 15) is 9.59 Å². The second-order valence-electron chi connectivity index (χ2n) is 5.91. The number of fused-ring (bicyclic) bond motifs is 1. The van der Waals surface area contributed by atoms with Gasteiger partial charge in [0.2, 0.25) is 0 Å². The van der Waals surface area contributed by atoms with E-state index in [2.05, 4.69) is 6.08 Å². The quantitative estimate of drug-likeness (QED) is 0.328. The molecule has 0 radical (unpaired) electrons. The molecule has 0 amide bonds. The van der Waals surface area contributed by atoms with Gasteiger partial charge in [0.15, 0.2) is 0 Å². The molecule has 24 heavy (non-hydrogen) atoms. The van der Waals surface area contributed by atoms with Gasteiger partial charge in [-0.25, -0.2) is 4.79 Å². The maximum atomic E-state index is 11.6. The average molecular weight is 326 g/mol. The standard InChI is InChI=1S/C20H22O4/c1-14(2)6-4-8-16(13-21)10-11-23-18-12-19(22)24-17-9-5-7-15(3)20(17)18/h5-7,9-10,12-13H,4,8,11H2,1-3H3/b16-10-. The fourth-order valence-electron chi connectivity index (χ4n) is 2.45. The lowest BCUT2D eigenvalue weighted by molar-refractivity contribution is -0.105. The Morgan fingerprint density at radius 1 is 1.25 bits per heavy atom. The summed E-state index contributed by atoms with van der Waals surface area (Å²) >= 11 is 0. The molecular formula is C20H22O4. The molecule has 4 nitrogen and oxygen atoms in total. The van der Waals surface area contributed by atoms with Crippen molar-refractivity contribution in [2.24, 2.45) is 0 Å². The zero-order chi connectivity index (χ0) is 17.5. The molecule has 126 valence electrons. The summed E-state index contributed by atoms with van der Waals surface area (Å²) in [7, 11) is 0. The van der Waals surface area contributed by atoms with E-state index < -0.39 is 5.63 Å². The van der Waals surface area contributed by atoms with Gasteiger partial charge in [-0.15, -0.1) is 0 Å². The van der Waals surface area contributed by atoms with Gasteiger partial charge in [-0.1, -0.05) is 23.8 Å². The lowest BCUT2D eigenvalue weighted by Gasteiger charge is -2.08. The molecule has 0 aliphatic heterocycles. The largest absolute Gasteiger partial charge is 0.488 e. The van der Waals surface area contributed by atoms with Crippen molar-refractivity contribution in [2.45, 2.75) is 33.6 Å². The second kappa shape index (κ2) is 8.29. The topological polar surface area (TPSA) is 56.5 Å². The third kappa shape index (κ3) is 4.69. The molecule has 0 fully saturated rings. The van der Waals surface area contributed by atoms with E-state index in [1.807, 2.05) is 32.9 Å². The molecule has 1 aromatic heterocycles. The Kier molecular flexibility index (Phi) is 6.13. The Balaban J connectivity index is 2.15. The normalized spacial score (nSPS) is 11.4. The molecular weight excluding hydrogens is 304 g/mol. The summed E-state index contributed by atoms with van der Waals surface area (Å²) in [4.78, 5) is 22.8. The molecule has 0 aliphatic rings. The molecule has 1 heterocycles. The van der Waals surface area contributed by atoms with E-state index in [1.54, 1.807) is 12.1 Å². The van der Waals surface area contributed by atoms with E-state index in [0.29, 0.717) is 23.3 Å². The Morgan fingerprint density at radius 2 is 2.04 bits per heavy atom. The number of benzene rings is 1. The Hall–Kier alpha value is -2.62. The van der Waals surface area contributed by atoms with Crippen molar-refractivity contribution < 1.29 is 13.9 Å². The van der Waals surface area contributed by atoms with Gasteiger partial charge in [-0.05, 0) is 56.9 Å². The number of aryl methyl sites for hydroxylation is 1. The number of allylic oxidation sites excluding steroid dienone is 3. The molecule has 0 saturated heterocycles. The van der Waals surface area contributed by atoms with E-state index in [1.165, 1.54) is 11.6 Å². The van der Waals surface area contributed by atoms with Crippen molar-refractivity contribution in [3.63, 3.8) is 0 Å². The van der Waals surface area contributed by atoms with Crippen LogP contribution in [-0.2, 0) is 4.79 Å². The molecule has 0 atom stereocenters. The van der Waals surface area contributed by atoms with E-state index in [4.69, 9.17) is 9.15 Å². The minimum atomic E-state index is -0.453. The summed E-state index contributed by atoms with van der Waals surface area (Å²) in [5.74, 6) is 0.477. The molecule has 0 saturated carbocycles. The minimum absolute atomic E-state index is 0.232. The van der Waals surface area contributed by atoms with Crippen molar-refractivity contribution in [1.29, 1.82) is 0 Å². The molecule has 1 aromatic carbocycles. The first-order chi connectivity index (χ1) is 11.5. The highest BCUT2D eigenvalue weighted by molar-refractivity contribution is 5.86. The van der Waals surface area contributed by atoms with Crippen LogP contribution in [0.25, 0.3) is 11.0 Å². The van der Waals surface area contributed by atoms with Gasteiger partial charge in [0.1, 0.15) is 24.2 Å². The van der Waals surface area contributed by atoms with Crippen LogP contribution in [0.4, 0.5) is 0 Å². The average Bonchev–Trinajstić information content (AvgIpc) is 2.52. The maximum absolute atomic E-state index is 11.6. The summed E-state index contributed by atoms with van der Waals surface area (Å²) in [6, 6.07) is 6.84. The highest BCUT2D eigenvalue weighted by atomic mass is 16.5. The van der Waals surface area contributed by atoms with Crippen LogP contribution in [-0.4, -0.2) is 12.9 Å². The summed E-state index contributed by atoms with van der Waals surface area (Å²) in [5, 5.41) is 0.780. The Morgan fingerprint density at radius 3 is 2.75 bits per heavy atom. The van der Waals surface area contributed by atoms with Crippen molar-refractivity contribution in [2.75, 3.05) is 6.61 Å². The van der Waals surface area contributed by atoms with Crippen molar-refractivity contribution >= 4 is 17.3 Å². The molecule has 4 heteroatoms. The van der Waals surface area contributed by atoms with Crippen molar-refractivity contribution in [3.8, 4) is 5.75 Å². The predicted octanol–water partition coefficient (Wildman–Crippen LogP) is 4.35. The van der Waals surface area contributed by atoms with Gasteiger partial charge < -0.3 is 9.15 Å². The van der Waals surface area contributed by atoms with Gasteiger partial charge in [0, 0.05) is 0 Å². The molecule has 0 N–H and O–H groups in total. The first-order valence-corrected chi connectivity index (χ1v) is 7.95. The third-order valence-corrected chi connectivity index (χ3v) is 3.66. The zero-order valence-electron chi connectivity index (χ0n) is 14.3. The summed E-state index contributed by atoms with van der Waals surface area (Å²) in [5.41, 5.74) is 2.94. The molecule has 0 unspecified atom stereocenters. The zero-order valence-corrected chi connectivity index (χ0v) is 14.3. The summed E-state index contributed by atoms with van der Waals surface area (Å²) < 4.78 is 10.9. The van der Waals surface area contributed by atoms with Crippen molar-refractivity contribution in [1.82, 2.24) is 0 Å². The SMILES string of the molecule is CC(C)=CCC/C(C=O)=C/COc1cc(=O)oc2cccc(C)c12. The van der Waals surface area contributed by atoms with Crippen LogP contribution in [0.15, 0.2) is 56.8 Å². The van der Waals surface area contributed by atoms with Crippen LogP contribution >= 0.6 is 0 Å². The lowest BCUT2D eigenvalue weighted by Crippen LogP contribution is -2.03. The summed E-state index contributed by atoms with van der Waals surface area (Å²) in [6.45, 7) is 6.22. The Bertz CT molecular complexity index is 836. The first kappa shape index (κ1) is 17.7. The van der Waals surface area contributed by atoms with Crippen LogP contribution < -0.4 is 10.4 Å². The summed E-state index contributed by atoms with van der Waals surface area (Å²) in [6.07, 6.45) is 6.20. The van der Waals surface area contributed by atoms with Gasteiger partial charge >= 0.3 is 5.63 Å². The fraction of sp³-hybridized carbons (Fsp3) is 0.300. The van der Waals surface area contributed by atoms with Gasteiger partial charge in [-0.2, -0.15) is 0 Å². The minimum Gasteiger partial charge on any atom is -0.488 e. The van der Waals surface area contributed by atoms with Crippen LogP contribution in [0.2, 0.25) is 0 Å². The number of hydrogen-bond donors (Lipinski definition) is 0. The monoisotopic (exact) mass is 326 g/mol. The number of ether oxygens (including phenoxy) is 1. The van der Waals surface area contributed by atoms with E-state index >= 15 is 0 Å². The predicted molar refractivity (Wildman–Crippen MR) is 95.5 cm³/mol. The van der Waals surface area contributed by atoms with Crippen LogP contribution in [0.5, 0.6) is 5.75 Å².